The maximum Gasteiger partial charge on any atom is 0.0652 e. The van der Waals surface area contributed by atoms with Crippen LogP contribution in [0.25, 0.3) is 105 Å². The van der Waals surface area contributed by atoms with Gasteiger partial charge in [0, 0.05) is 49.3 Å². The second-order valence-electron chi connectivity index (χ2n) is 12.3. The van der Waals surface area contributed by atoms with Crippen LogP contribution in [0.1, 0.15) is 48.0 Å². The number of rotatable bonds is 5. The summed E-state index contributed by atoms with van der Waals surface area (Å²) < 4.78 is 322. The Morgan fingerprint density at radius 3 is 1.39 bits per heavy atom. The number of aromatic nitrogens is 3. The van der Waals surface area contributed by atoms with Gasteiger partial charge in [-0.15, -0.1) is 0 Å². The van der Waals surface area contributed by atoms with E-state index in [9.17, 15) is 21.9 Å². The highest BCUT2D eigenvalue weighted by molar-refractivity contribution is 6.13. The molecular weight excluding hydrogens is 691 g/mol. The standard InChI is InChI=1S/C54H35N3/c1-2-15-36(16-3-1)37-29-31-53-46(34-37)44-22-7-12-27-51(44)56(53)40-30-32-54-47(35-40)45-23-8-13-28-52(45)57(54)48-24-9-4-19-41(48)38-17-14-18-39(33-38)55-49-25-10-5-20-42(49)43-21-6-11-26-50(43)55/h1-35H/i1D,2D,3D,4D,5D,6D,7D,8D,9D,10D,11D,12D,13D,14D,15D,16D,17D,18D,19D,20D,21D,22D,23D,24D,25D,26D,27D,28D,29D,30D,31D,32D,33D,34D,35D. The van der Waals surface area contributed by atoms with Crippen LogP contribution < -0.4 is 0 Å². The molecule has 3 nitrogen and oxygen atoms in total. The molecule has 0 aliphatic heterocycles. The first kappa shape index (κ1) is 12.7. The summed E-state index contributed by atoms with van der Waals surface area (Å²) in [4.78, 5) is 0. The third-order valence-electron chi connectivity index (χ3n) is 9.29. The third-order valence-corrected chi connectivity index (χ3v) is 9.29. The van der Waals surface area contributed by atoms with Gasteiger partial charge in [0.25, 0.3) is 0 Å². The van der Waals surface area contributed by atoms with Gasteiger partial charge in [-0.3, -0.25) is 0 Å². The molecule has 3 aromatic heterocycles. The quantitative estimate of drug-likeness (QED) is 0.166. The van der Waals surface area contributed by atoms with E-state index >= 15 is 0 Å². The van der Waals surface area contributed by atoms with Crippen LogP contribution in [0.3, 0.4) is 0 Å². The lowest BCUT2D eigenvalue weighted by Gasteiger charge is -2.16. The zero-order chi connectivity index (χ0) is 67.9. The zero-order valence-corrected chi connectivity index (χ0v) is 28.3. The topological polar surface area (TPSA) is 14.8 Å². The van der Waals surface area contributed by atoms with Gasteiger partial charge >= 0.3 is 0 Å². The highest BCUT2D eigenvalue weighted by Crippen LogP contribution is 2.40. The molecule has 0 saturated heterocycles. The molecule has 266 valence electrons. The lowest BCUT2D eigenvalue weighted by Crippen LogP contribution is -1.99. The van der Waals surface area contributed by atoms with Gasteiger partial charge in [-0.05, 0) is 89.2 Å². The van der Waals surface area contributed by atoms with E-state index in [1.54, 1.807) is 0 Å². The molecule has 0 amide bonds. The first-order valence-corrected chi connectivity index (χ1v) is 16.8. The summed E-state index contributed by atoms with van der Waals surface area (Å²) in [5, 5.41) is -3.99. The Morgan fingerprint density at radius 1 is 0.263 bits per heavy atom. The van der Waals surface area contributed by atoms with Crippen molar-refractivity contribution < 1.29 is 48.0 Å². The molecule has 0 fully saturated rings. The van der Waals surface area contributed by atoms with Crippen molar-refractivity contribution in [1.82, 2.24) is 13.7 Å². The first-order chi connectivity index (χ1) is 42.9. The molecule has 0 unspecified atom stereocenters. The van der Waals surface area contributed by atoms with Crippen LogP contribution in [0.4, 0.5) is 0 Å². The Kier molecular flexibility index (Phi) is 2.78. The summed E-state index contributed by atoms with van der Waals surface area (Å²) in [7, 11) is 0. The number of para-hydroxylation sites is 5. The number of fused-ring (bicyclic) bond motifs is 9. The molecule has 0 bridgehead atoms. The van der Waals surface area contributed by atoms with Crippen molar-refractivity contribution in [2.45, 2.75) is 0 Å². The van der Waals surface area contributed by atoms with Crippen molar-refractivity contribution in [3.8, 4) is 39.3 Å². The van der Waals surface area contributed by atoms with Crippen molar-refractivity contribution in [3.05, 3.63) is 211 Å². The average molecular weight is 761 g/mol. The Balaban J connectivity index is 1.30. The highest BCUT2D eigenvalue weighted by Gasteiger charge is 2.19. The van der Waals surface area contributed by atoms with E-state index < -0.39 is 316 Å². The predicted molar refractivity (Wildman–Crippen MR) is 240 cm³/mol. The molecule has 57 heavy (non-hydrogen) atoms. The molecule has 0 atom stereocenters. The summed E-state index contributed by atoms with van der Waals surface area (Å²) >= 11 is 0. The fourth-order valence-corrected chi connectivity index (χ4v) is 6.95. The van der Waals surface area contributed by atoms with Crippen molar-refractivity contribution in [2.24, 2.45) is 0 Å². The van der Waals surface area contributed by atoms with Gasteiger partial charge in [-0.25, -0.2) is 0 Å². The predicted octanol–water partition coefficient (Wildman–Crippen LogP) is 14.3. The van der Waals surface area contributed by atoms with Gasteiger partial charge in [0.2, 0.25) is 0 Å². The van der Waals surface area contributed by atoms with Gasteiger partial charge in [0.05, 0.1) is 86.8 Å². The maximum atomic E-state index is 10.2. The minimum absolute atomic E-state index is 0.556. The molecule has 3 heteroatoms. The van der Waals surface area contributed by atoms with E-state index in [2.05, 4.69) is 0 Å². The highest BCUT2D eigenvalue weighted by atomic mass is 15.0. The zero-order valence-electron chi connectivity index (χ0n) is 63.3. The Labute approximate surface area is 378 Å². The summed E-state index contributed by atoms with van der Waals surface area (Å²) in [5.74, 6) is 0. The van der Waals surface area contributed by atoms with Gasteiger partial charge in [-0.1, -0.05) is 139 Å². The van der Waals surface area contributed by atoms with E-state index in [-0.39, 0.29) is 0 Å². The molecule has 3 heterocycles. The van der Waals surface area contributed by atoms with Crippen LogP contribution in [0.2, 0.25) is 0 Å². The molecule has 12 aromatic rings. The van der Waals surface area contributed by atoms with Crippen LogP contribution >= 0.6 is 0 Å². The van der Waals surface area contributed by atoms with Crippen LogP contribution in [0.15, 0.2) is 211 Å². The minimum Gasteiger partial charge on any atom is -0.309 e. The molecule has 9 aromatic carbocycles. The molecule has 12 rings (SSSR count). The Hall–Kier alpha value is -7.62. The fourth-order valence-electron chi connectivity index (χ4n) is 6.95. The lowest BCUT2D eigenvalue weighted by atomic mass is 10.0. The SMILES string of the molecule is [2H]c1c([2H])c([2H])c(-c2c([2H])c([2H])c3c(c2[2H])c2c([2H])c([2H])c([2H])c([2H])c2n3-c2c([2H])c([2H])c3c(c2[2H])c2c([2H])c([2H])c([2H])c([2H])c2n3-c2c([2H])c([2H])c([2H])c([2H])c2-c2c([2H])c([2H])c([2H])c(-n3c4c([2H])c([2H])c([2H])c([2H])c4c4c([2H])c([2H])c([2H])c([2H])c43)c2[2H])c([2H])c1[2H]. The molecule has 0 radical (unpaired) electrons. The van der Waals surface area contributed by atoms with Gasteiger partial charge in [0.15, 0.2) is 0 Å². The molecular formula is C54H35N3. The van der Waals surface area contributed by atoms with E-state index in [4.69, 9.17) is 26.0 Å². The molecule has 0 spiro atoms. The lowest BCUT2D eigenvalue weighted by molar-refractivity contribution is 1.16. The van der Waals surface area contributed by atoms with E-state index in [1.165, 1.54) is 0 Å². The van der Waals surface area contributed by atoms with E-state index in [0.717, 1.165) is 0 Å². The van der Waals surface area contributed by atoms with Crippen LogP contribution in [0.5, 0.6) is 0 Å². The van der Waals surface area contributed by atoms with Crippen molar-refractivity contribution >= 4 is 65.4 Å². The summed E-state index contributed by atoms with van der Waals surface area (Å²) in [6.45, 7) is 0. The third kappa shape index (κ3) is 4.79. The Morgan fingerprint density at radius 2 is 0.719 bits per heavy atom. The summed E-state index contributed by atoms with van der Waals surface area (Å²) in [5.41, 5.74) is -11.2. The average Bonchev–Trinajstić information content (AvgIpc) is 1.51. The van der Waals surface area contributed by atoms with Crippen LogP contribution in [-0.4, -0.2) is 13.7 Å². The van der Waals surface area contributed by atoms with Crippen LogP contribution in [-0.2, 0) is 0 Å². The number of benzene rings is 9. The van der Waals surface area contributed by atoms with E-state index in [0.29, 0.717) is 13.7 Å². The summed E-state index contributed by atoms with van der Waals surface area (Å²) in [6.07, 6.45) is 0. The minimum atomic E-state index is -1.20. The van der Waals surface area contributed by atoms with Gasteiger partial charge in [0.1, 0.15) is 0 Å². The van der Waals surface area contributed by atoms with Crippen molar-refractivity contribution in [1.29, 1.82) is 0 Å². The Bertz CT molecular complexity index is 5480. The smallest absolute Gasteiger partial charge is 0.0652 e. The van der Waals surface area contributed by atoms with Gasteiger partial charge < -0.3 is 13.7 Å². The van der Waals surface area contributed by atoms with E-state index in [1.807, 2.05) is 0 Å². The number of hydrogen-bond donors (Lipinski definition) is 0. The normalized spacial score (nSPS) is 20.5. The maximum absolute atomic E-state index is 10.2. The molecule has 0 aliphatic rings. The molecule has 0 aliphatic carbocycles. The first-order valence-electron chi connectivity index (χ1n) is 34.3. The second kappa shape index (κ2) is 12.5. The van der Waals surface area contributed by atoms with Gasteiger partial charge in [-0.2, -0.15) is 0 Å². The fraction of sp³-hybridized carbons (Fsp3) is 0. The summed E-state index contributed by atoms with van der Waals surface area (Å²) in [6, 6.07) is -35.8. The monoisotopic (exact) mass is 761 g/mol. The van der Waals surface area contributed by atoms with Crippen molar-refractivity contribution in [2.75, 3.05) is 0 Å². The second-order valence-corrected chi connectivity index (χ2v) is 12.3. The van der Waals surface area contributed by atoms with Crippen LogP contribution in [0, 0.1) is 0 Å². The molecule has 0 N–H and O–H groups in total. The number of hydrogen-bond acceptors (Lipinski definition) is 0. The largest absolute Gasteiger partial charge is 0.309 e. The molecule has 0 saturated carbocycles. The van der Waals surface area contributed by atoms with Crippen molar-refractivity contribution in [3.63, 3.8) is 0 Å². The number of nitrogens with zero attached hydrogens (tertiary/aromatic N) is 3.